The van der Waals surface area contributed by atoms with Gasteiger partial charge in [0.25, 0.3) is 5.91 Å². The SMILES string of the molecule is Cc1nc(C(=O)Nc2ccccc2I)n[nH]1. The lowest BCUT2D eigenvalue weighted by Gasteiger charge is -2.04. The Labute approximate surface area is 106 Å². The second-order valence-electron chi connectivity index (χ2n) is 3.18. The van der Waals surface area contributed by atoms with Gasteiger partial charge in [0.05, 0.1) is 5.69 Å². The zero-order valence-electron chi connectivity index (χ0n) is 8.49. The molecule has 0 atom stereocenters. The van der Waals surface area contributed by atoms with E-state index in [-0.39, 0.29) is 11.7 Å². The van der Waals surface area contributed by atoms with Crippen LogP contribution in [0.15, 0.2) is 24.3 Å². The third-order valence-electron chi connectivity index (χ3n) is 1.92. The van der Waals surface area contributed by atoms with Crippen LogP contribution in [0.1, 0.15) is 16.4 Å². The molecule has 1 heterocycles. The van der Waals surface area contributed by atoms with E-state index in [0.717, 1.165) is 9.26 Å². The average Bonchev–Trinajstić information content (AvgIpc) is 2.68. The molecule has 16 heavy (non-hydrogen) atoms. The number of nitrogens with zero attached hydrogens (tertiary/aromatic N) is 2. The highest BCUT2D eigenvalue weighted by Crippen LogP contribution is 2.17. The van der Waals surface area contributed by atoms with E-state index in [1.165, 1.54) is 0 Å². The van der Waals surface area contributed by atoms with Crippen molar-refractivity contribution in [2.45, 2.75) is 6.92 Å². The van der Waals surface area contributed by atoms with Crippen molar-refractivity contribution in [2.75, 3.05) is 5.32 Å². The predicted octanol–water partition coefficient (Wildman–Crippen LogP) is 1.97. The minimum absolute atomic E-state index is 0.150. The number of rotatable bonds is 2. The summed E-state index contributed by atoms with van der Waals surface area (Å²) < 4.78 is 0.973. The number of anilines is 1. The molecule has 0 aliphatic carbocycles. The predicted molar refractivity (Wildman–Crippen MR) is 68.2 cm³/mol. The zero-order chi connectivity index (χ0) is 11.5. The number of hydrogen-bond acceptors (Lipinski definition) is 3. The summed E-state index contributed by atoms with van der Waals surface area (Å²) in [6.45, 7) is 1.75. The second kappa shape index (κ2) is 4.60. The largest absolute Gasteiger partial charge is 0.318 e. The monoisotopic (exact) mass is 328 g/mol. The molecule has 0 saturated heterocycles. The van der Waals surface area contributed by atoms with Crippen molar-refractivity contribution in [2.24, 2.45) is 0 Å². The highest BCUT2D eigenvalue weighted by Gasteiger charge is 2.12. The van der Waals surface area contributed by atoms with E-state index in [1.54, 1.807) is 6.92 Å². The van der Waals surface area contributed by atoms with Crippen LogP contribution in [0.2, 0.25) is 0 Å². The summed E-state index contributed by atoms with van der Waals surface area (Å²) in [5.74, 6) is 0.457. The van der Waals surface area contributed by atoms with Crippen molar-refractivity contribution in [3.63, 3.8) is 0 Å². The number of H-pyrrole nitrogens is 1. The van der Waals surface area contributed by atoms with Gasteiger partial charge >= 0.3 is 0 Å². The van der Waals surface area contributed by atoms with E-state index >= 15 is 0 Å². The van der Waals surface area contributed by atoms with Gasteiger partial charge in [-0.1, -0.05) is 12.1 Å². The lowest BCUT2D eigenvalue weighted by Crippen LogP contribution is -2.14. The molecule has 6 heteroatoms. The summed E-state index contributed by atoms with van der Waals surface area (Å²) in [6, 6.07) is 7.52. The minimum Gasteiger partial charge on any atom is -0.318 e. The molecule has 0 radical (unpaired) electrons. The van der Waals surface area contributed by atoms with Crippen LogP contribution < -0.4 is 5.32 Å². The maximum Gasteiger partial charge on any atom is 0.295 e. The first-order valence-corrected chi connectivity index (χ1v) is 5.69. The summed E-state index contributed by atoms with van der Waals surface area (Å²) in [5, 5.41) is 9.17. The maximum absolute atomic E-state index is 11.7. The van der Waals surface area contributed by atoms with Crippen molar-refractivity contribution in [1.29, 1.82) is 0 Å². The molecule has 2 N–H and O–H groups in total. The van der Waals surface area contributed by atoms with Gasteiger partial charge < -0.3 is 5.32 Å². The van der Waals surface area contributed by atoms with Gasteiger partial charge in [0.2, 0.25) is 5.82 Å². The fraction of sp³-hybridized carbons (Fsp3) is 0.100. The Morgan fingerprint density at radius 3 is 2.81 bits per heavy atom. The van der Waals surface area contributed by atoms with Gasteiger partial charge in [0, 0.05) is 3.57 Å². The van der Waals surface area contributed by atoms with Crippen LogP contribution >= 0.6 is 22.6 Å². The van der Waals surface area contributed by atoms with Crippen molar-refractivity contribution < 1.29 is 4.79 Å². The van der Waals surface area contributed by atoms with Crippen LogP contribution in [0, 0.1) is 10.5 Å². The summed E-state index contributed by atoms with van der Waals surface area (Å²) in [7, 11) is 0. The van der Waals surface area contributed by atoms with Crippen LogP contribution in [0.3, 0.4) is 0 Å². The molecule has 2 aromatic rings. The Morgan fingerprint density at radius 1 is 1.44 bits per heavy atom. The fourth-order valence-electron chi connectivity index (χ4n) is 1.19. The smallest absolute Gasteiger partial charge is 0.295 e. The molecule has 1 amide bonds. The van der Waals surface area contributed by atoms with Crippen molar-refractivity contribution in [1.82, 2.24) is 15.2 Å². The maximum atomic E-state index is 11.7. The van der Waals surface area contributed by atoms with Crippen LogP contribution in [-0.2, 0) is 0 Å². The number of amides is 1. The van der Waals surface area contributed by atoms with Crippen LogP contribution in [0.5, 0.6) is 0 Å². The van der Waals surface area contributed by atoms with Crippen LogP contribution in [0.4, 0.5) is 5.69 Å². The molecule has 82 valence electrons. The molecule has 2 rings (SSSR count). The van der Waals surface area contributed by atoms with E-state index < -0.39 is 0 Å². The lowest BCUT2D eigenvalue weighted by molar-refractivity contribution is 0.101. The van der Waals surface area contributed by atoms with Crippen LogP contribution in [0.25, 0.3) is 0 Å². The molecule has 5 nitrogen and oxygen atoms in total. The Hall–Kier alpha value is -1.44. The number of aromatic nitrogens is 3. The summed E-state index contributed by atoms with van der Waals surface area (Å²) >= 11 is 2.15. The van der Waals surface area contributed by atoms with E-state index in [0.29, 0.717) is 5.82 Å². The molecule has 0 aliphatic heterocycles. The fourth-order valence-corrected chi connectivity index (χ4v) is 1.71. The molecular formula is C10H9IN4O. The summed E-state index contributed by atoms with van der Waals surface area (Å²) in [4.78, 5) is 15.7. The number of benzene rings is 1. The lowest BCUT2D eigenvalue weighted by atomic mass is 10.3. The topological polar surface area (TPSA) is 70.7 Å². The molecule has 1 aromatic heterocycles. The molecule has 0 saturated carbocycles. The number of para-hydroxylation sites is 1. The van der Waals surface area contributed by atoms with Gasteiger partial charge in [-0.05, 0) is 41.6 Å². The number of hydrogen-bond donors (Lipinski definition) is 2. The summed E-state index contributed by atoms with van der Waals surface area (Å²) in [6.07, 6.45) is 0. The third-order valence-corrected chi connectivity index (χ3v) is 2.86. The minimum atomic E-state index is -0.312. The highest BCUT2D eigenvalue weighted by molar-refractivity contribution is 14.1. The molecule has 0 bridgehead atoms. The van der Waals surface area contributed by atoms with Crippen molar-refractivity contribution in [3.05, 3.63) is 39.5 Å². The first-order chi connectivity index (χ1) is 7.66. The van der Waals surface area contributed by atoms with Gasteiger partial charge in [-0.2, -0.15) is 0 Å². The number of aromatic amines is 1. The van der Waals surface area contributed by atoms with Gasteiger partial charge in [-0.15, -0.1) is 5.10 Å². The standard InChI is InChI=1S/C10H9IN4O/c1-6-12-9(15-14-6)10(16)13-8-5-3-2-4-7(8)11/h2-5H,1H3,(H,13,16)(H,12,14,15). The van der Waals surface area contributed by atoms with Crippen molar-refractivity contribution >= 4 is 34.2 Å². The molecule has 0 unspecified atom stereocenters. The van der Waals surface area contributed by atoms with Gasteiger partial charge in [0.1, 0.15) is 5.82 Å². The summed E-state index contributed by atoms with van der Waals surface area (Å²) in [5.41, 5.74) is 0.760. The van der Waals surface area contributed by atoms with Gasteiger partial charge in [0.15, 0.2) is 0 Å². The molecule has 0 spiro atoms. The zero-order valence-corrected chi connectivity index (χ0v) is 10.6. The molecule has 0 aliphatic rings. The van der Waals surface area contributed by atoms with E-state index in [2.05, 4.69) is 43.1 Å². The van der Waals surface area contributed by atoms with Crippen molar-refractivity contribution in [3.8, 4) is 0 Å². The number of carbonyl (C=O) groups is 1. The van der Waals surface area contributed by atoms with E-state index in [1.807, 2.05) is 24.3 Å². The van der Waals surface area contributed by atoms with E-state index in [9.17, 15) is 4.79 Å². The Kier molecular flexibility index (Phi) is 3.18. The first kappa shape index (κ1) is 11.1. The third kappa shape index (κ3) is 2.38. The number of nitrogens with one attached hydrogen (secondary N) is 2. The van der Waals surface area contributed by atoms with Gasteiger partial charge in [-0.3, -0.25) is 9.89 Å². The number of aryl methyl sites for hydroxylation is 1. The first-order valence-electron chi connectivity index (χ1n) is 4.61. The molecule has 1 aromatic carbocycles. The normalized spacial score (nSPS) is 10.1. The quantitative estimate of drug-likeness (QED) is 0.828. The van der Waals surface area contributed by atoms with Crippen LogP contribution in [-0.4, -0.2) is 21.1 Å². The second-order valence-corrected chi connectivity index (χ2v) is 4.34. The Bertz CT molecular complexity index is 523. The Balaban J connectivity index is 2.17. The molecular weight excluding hydrogens is 319 g/mol. The van der Waals surface area contributed by atoms with E-state index in [4.69, 9.17) is 0 Å². The average molecular weight is 328 g/mol. The Morgan fingerprint density at radius 2 is 2.19 bits per heavy atom. The number of carbonyl (C=O) groups excluding carboxylic acids is 1. The highest BCUT2D eigenvalue weighted by atomic mass is 127. The van der Waals surface area contributed by atoms with Gasteiger partial charge in [-0.25, -0.2) is 4.98 Å². The molecule has 0 fully saturated rings. The number of halogens is 1.